The predicted molar refractivity (Wildman–Crippen MR) is 53.8 cm³/mol. The molecule has 0 unspecified atom stereocenters. The van der Waals surface area contributed by atoms with E-state index >= 15 is 0 Å². The van der Waals surface area contributed by atoms with E-state index in [9.17, 15) is 13.2 Å². The highest BCUT2D eigenvalue weighted by Gasteiger charge is 2.37. The fourth-order valence-electron chi connectivity index (χ4n) is 0.906. The Bertz CT molecular complexity index is 340. The molecule has 78 valence electrons. The Morgan fingerprint density at radius 1 is 1.36 bits per heavy atom. The highest BCUT2D eigenvalue weighted by molar-refractivity contribution is 14.1. The van der Waals surface area contributed by atoms with E-state index in [-0.39, 0.29) is 11.3 Å². The largest absolute Gasteiger partial charge is 0.507 e. The van der Waals surface area contributed by atoms with Crippen molar-refractivity contribution in [1.82, 2.24) is 0 Å². The molecule has 0 saturated heterocycles. The van der Waals surface area contributed by atoms with Crippen LogP contribution in [-0.2, 0) is 0 Å². The van der Waals surface area contributed by atoms with Crippen molar-refractivity contribution >= 4 is 22.6 Å². The Kier molecular flexibility index (Phi) is 3.25. The van der Waals surface area contributed by atoms with Crippen LogP contribution in [0.25, 0.3) is 0 Å². The molecular formula is C8H7F3INO. The van der Waals surface area contributed by atoms with Crippen molar-refractivity contribution in [3.63, 3.8) is 0 Å². The predicted octanol–water partition coefficient (Wildman–Crippen LogP) is 2.56. The van der Waals surface area contributed by atoms with Gasteiger partial charge >= 0.3 is 6.18 Å². The molecular weight excluding hydrogens is 310 g/mol. The molecule has 1 aromatic rings. The van der Waals surface area contributed by atoms with Crippen LogP contribution in [0.3, 0.4) is 0 Å². The molecule has 0 amide bonds. The van der Waals surface area contributed by atoms with Crippen LogP contribution in [0.2, 0.25) is 0 Å². The molecule has 0 aliphatic rings. The lowest BCUT2D eigenvalue weighted by Crippen LogP contribution is -2.28. The third-order valence-corrected chi connectivity index (χ3v) is 2.55. The number of phenolic OH excluding ortho intramolecular Hbond substituents is 1. The summed E-state index contributed by atoms with van der Waals surface area (Å²) in [5.74, 6) is -0.0521. The molecule has 3 N–H and O–H groups in total. The van der Waals surface area contributed by atoms with Gasteiger partial charge in [-0.25, -0.2) is 0 Å². The lowest BCUT2D eigenvalue weighted by Gasteiger charge is -2.16. The van der Waals surface area contributed by atoms with Gasteiger partial charge in [0.1, 0.15) is 11.8 Å². The third kappa shape index (κ3) is 2.50. The van der Waals surface area contributed by atoms with Gasteiger partial charge in [-0.05, 0) is 40.3 Å². The highest BCUT2D eigenvalue weighted by atomic mass is 127. The van der Waals surface area contributed by atoms with E-state index in [1.807, 2.05) is 0 Å². The van der Waals surface area contributed by atoms with Crippen LogP contribution in [0.1, 0.15) is 11.6 Å². The number of alkyl halides is 3. The Morgan fingerprint density at radius 3 is 2.36 bits per heavy atom. The molecule has 0 spiro atoms. The minimum atomic E-state index is -4.46. The summed E-state index contributed by atoms with van der Waals surface area (Å²) < 4.78 is 36.9. The molecule has 0 bridgehead atoms. The molecule has 6 heteroatoms. The molecule has 1 atom stereocenters. The Labute approximate surface area is 92.1 Å². The number of aromatic hydroxyl groups is 1. The van der Waals surface area contributed by atoms with Gasteiger partial charge in [0.2, 0.25) is 0 Å². The van der Waals surface area contributed by atoms with Gasteiger partial charge in [0, 0.05) is 0 Å². The van der Waals surface area contributed by atoms with Crippen molar-refractivity contribution in [1.29, 1.82) is 0 Å². The van der Waals surface area contributed by atoms with Crippen LogP contribution in [0.15, 0.2) is 18.2 Å². The van der Waals surface area contributed by atoms with Crippen LogP contribution < -0.4 is 5.73 Å². The Morgan fingerprint density at radius 2 is 1.93 bits per heavy atom. The maximum atomic E-state index is 12.2. The first-order valence-electron chi connectivity index (χ1n) is 3.63. The van der Waals surface area contributed by atoms with Crippen molar-refractivity contribution in [3.05, 3.63) is 27.3 Å². The van der Waals surface area contributed by atoms with Gasteiger partial charge in [0.05, 0.1) is 3.57 Å². The van der Waals surface area contributed by atoms with Crippen molar-refractivity contribution in [3.8, 4) is 5.75 Å². The molecule has 0 aromatic heterocycles. The number of phenols is 1. The first kappa shape index (κ1) is 11.6. The summed E-state index contributed by atoms with van der Waals surface area (Å²) in [5, 5.41) is 9.10. The van der Waals surface area contributed by atoms with E-state index in [1.54, 1.807) is 22.6 Å². The average molecular weight is 317 g/mol. The molecule has 1 aromatic carbocycles. The summed E-state index contributed by atoms with van der Waals surface area (Å²) in [7, 11) is 0. The van der Waals surface area contributed by atoms with Crippen molar-refractivity contribution < 1.29 is 18.3 Å². The first-order valence-corrected chi connectivity index (χ1v) is 4.71. The van der Waals surface area contributed by atoms with Crippen molar-refractivity contribution in [2.45, 2.75) is 12.2 Å². The number of nitrogens with two attached hydrogens (primary N) is 1. The Hall–Kier alpha value is -0.500. The van der Waals surface area contributed by atoms with Crippen LogP contribution in [0.5, 0.6) is 5.75 Å². The van der Waals surface area contributed by atoms with Crippen LogP contribution in [0, 0.1) is 3.57 Å². The normalized spacial score (nSPS) is 14.1. The highest BCUT2D eigenvalue weighted by Crippen LogP contribution is 2.32. The number of benzene rings is 1. The molecule has 14 heavy (non-hydrogen) atoms. The lowest BCUT2D eigenvalue weighted by molar-refractivity contribution is -0.149. The molecule has 2 nitrogen and oxygen atoms in total. The molecule has 0 heterocycles. The van der Waals surface area contributed by atoms with E-state index in [1.165, 1.54) is 12.1 Å². The summed E-state index contributed by atoms with van der Waals surface area (Å²) in [4.78, 5) is 0. The lowest BCUT2D eigenvalue weighted by atomic mass is 10.1. The fourth-order valence-corrected chi connectivity index (χ4v) is 1.44. The third-order valence-electron chi connectivity index (χ3n) is 1.68. The monoisotopic (exact) mass is 317 g/mol. The summed E-state index contributed by atoms with van der Waals surface area (Å²) in [6.07, 6.45) is -4.46. The second-order valence-electron chi connectivity index (χ2n) is 2.73. The smallest absolute Gasteiger partial charge is 0.407 e. The van der Waals surface area contributed by atoms with Gasteiger partial charge in [-0.3, -0.25) is 0 Å². The van der Waals surface area contributed by atoms with Crippen LogP contribution in [0.4, 0.5) is 13.2 Å². The number of hydrogen-bond donors (Lipinski definition) is 2. The maximum Gasteiger partial charge on any atom is 0.407 e. The van der Waals surface area contributed by atoms with Crippen LogP contribution in [-0.4, -0.2) is 11.3 Å². The second-order valence-corrected chi connectivity index (χ2v) is 3.89. The fraction of sp³-hybridized carbons (Fsp3) is 0.250. The van der Waals surface area contributed by atoms with Gasteiger partial charge in [0.25, 0.3) is 0 Å². The SMILES string of the molecule is N[C@H](c1ccc(O)c(I)c1)C(F)(F)F. The summed E-state index contributed by atoms with van der Waals surface area (Å²) >= 11 is 1.74. The zero-order valence-electron chi connectivity index (χ0n) is 6.85. The minimum absolute atomic E-state index is 0.0521. The standard InChI is InChI=1S/C8H7F3INO/c9-8(10,11)7(13)4-1-2-6(14)5(12)3-4/h1-3,7,14H,13H2/t7-/m1/s1. The van der Waals surface area contributed by atoms with Crippen molar-refractivity contribution in [2.75, 3.05) is 0 Å². The zero-order chi connectivity index (χ0) is 10.9. The molecule has 0 fully saturated rings. The van der Waals surface area contributed by atoms with Gasteiger partial charge in [-0.1, -0.05) is 6.07 Å². The summed E-state index contributed by atoms with van der Waals surface area (Å²) in [6.45, 7) is 0. The summed E-state index contributed by atoms with van der Waals surface area (Å²) in [6, 6.07) is 1.57. The van der Waals surface area contributed by atoms with E-state index < -0.39 is 12.2 Å². The van der Waals surface area contributed by atoms with Crippen molar-refractivity contribution in [2.24, 2.45) is 5.73 Å². The summed E-state index contributed by atoms with van der Waals surface area (Å²) in [5.41, 5.74) is 4.93. The minimum Gasteiger partial charge on any atom is -0.507 e. The molecule has 0 saturated carbocycles. The molecule has 1 rings (SSSR count). The second kappa shape index (κ2) is 3.93. The van der Waals surface area contributed by atoms with E-state index in [0.29, 0.717) is 3.57 Å². The quantitative estimate of drug-likeness (QED) is 0.782. The van der Waals surface area contributed by atoms with Crippen LogP contribution >= 0.6 is 22.6 Å². The maximum absolute atomic E-state index is 12.2. The zero-order valence-corrected chi connectivity index (χ0v) is 9.00. The van der Waals surface area contributed by atoms with E-state index in [2.05, 4.69) is 0 Å². The number of rotatable bonds is 1. The first-order chi connectivity index (χ1) is 6.32. The van der Waals surface area contributed by atoms with Gasteiger partial charge in [-0.2, -0.15) is 13.2 Å². The number of hydrogen-bond acceptors (Lipinski definition) is 2. The topological polar surface area (TPSA) is 46.2 Å². The van der Waals surface area contributed by atoms with Gasteiger partial charge in [-0.15, -0.1) is 0 Å². The molecule has 0 aliphatic carbocycles. The van der Waals surface area contributed by atoms with E-state index in [0.717, 1.165) is 6.07 Å². The molecule has 0 aliphatic heterocycles. The van der Waals surface area contributed by atoms with Gasteiger partial charge in [0.15, 0.2) is 0 Å². The molecule has 0 radical (unpaired) electrons. The number of halogens is 4. The van der Waals surface area contributed by atoms with Gasteiger partial charge < -0.3 is 10.8 Å². The average Bonchev–Trinajstić information content (AvgIpc) is 2.07. The van der Waals surface area contributed by atoms with E-state index in [4.69, 9.17) is 10.8 Å². The Balaban J connectivity index is 3.03.